The molecule has 0 bridgehead atoms. The number of carbonyl (C=O) groups excluding carboxylic acids is 1. The van der Waals surface area contributed by atoms with Crippen LogP contribution in [0.2, 0.25) is 0 Å². The van der Waals surface area contributed by atoms with Crippen molar-refractivity contribution in [3.63, 3.8) is 0 Å². The number of ketones is 1. The number of ether oxygens (including phenoxy) is 1. The van der Waals surface area contributed by atoms with Crippen molar-refractivity contribution in [3.05, 3.63) is 0 Å². The Morgan fingerprint density at radius 2 is 2.17 bits per heavy atom. The first-order valence-corrected chi connectivity index (χ1v) is 7.48. The van der Waals surface area contributed by atoms with Gasteiger partial charge in [-0.2, -0.15) is 0 Å². The normalized spacial score (nSPS) is 40.1. The number of rotatable bonds is 2. The van der Waals surface area contributed by atoms with Crippen LogP contribution in [-0.2, 0) is 9.53 Å². The SMILES string of the molecule is CC1(C)CCC(CN2CCOC3CCCC32)C1=O. The van der Waals surface area contributed by atoms with Gasteiger partial charge in [-0.05, 0) is 32.1 Å². The average molecular weight is 251 g/mol. The summed E-state index contributed by atoms with van der Waals surface area (Å²) in [6.07, 6.45) is 6.36. The largest absolute Gasteiger partial charge is 0.375 e. The fourth-order valence-corrected chi connectivity index (χ4v) is 4.03. The highest BCUT2D eigenvalue weighted by molar-refractivity contribution is 5.88. The molecule has 0 aromatic heterocycles. The van der Waals surface area contributed by atoms with E-state index in [9.17, 15) is 4.79 Å². The predicted octanol–water partition coefficient (Wildman–Crippen LogP) is 2.25. The smallest absolute Gasteiger partial charge is 0.142 e. The first-order chi connectivity index (χ1) is 8.58. The van der Waals surface area contributed by atoms with E-state index in [2.05, 4.69) is 18.7 Å². The van der Waals surface area contributed by atoms with Gasteiger partial charge >= 0.3 is 0 Å². The van der Waals surface area contributed by atoms with Gasteiger partial charge in [-0.25, -0.2) is 0 Å². The number of fused-ring (bicyclic) bond motifs is 1. The molecular formula is C15H25NO2. The summed E-state index contributed by atoms with van der Waals surface area (Å²) in [6, 6.07) is 0.593. The third-order valence-corrected chi connectivity index (χ3v) is 5.21. The molecule has 3 atom stereocenters. The van der Waals surface area contributed by atoms with Crippen LogP contribution in [0, 0.1) is 11.3 Å². The minimum atomic E-state index is -0.0774. The Balaban J connectivity index is 1.64. The van der Waals surface area contributed by atoms with Crippen LogP contribution >= 0.6 is 0 Å². The molecule has 18 heavy (non-hydrogen) atoms. The predicted molar refractivity (Wildman–Crippen MR) is 70.5 cm³/mol. The Bertz CT molecular complexity index is 339. The first-order valence-electron chi connectivity index (χ1n) is 7.48. The van der Waals surface area contributed by atoms with Crippen molar-refractivity contribution < 1.29 is 9.53 Å². The number of Topliss-reactive ketones (excluding diaryl/α,β-unsaturated/α-hetero) is 1. The molecule has 0 spiro atoms. The van der Waals surface area contributed by atoms with E-state index in [1.165, 1.54) is 19.3 Å². The lowest BCUT2D eigenvalue weighted by atomic mass is 9.89. The summed E-state index contributed by atoms with van der Waals surface area (Å²) >= 11 is 0. The minimum Gasteiger partial charge on any atom is -0.375 e. The number of hydrogen-bond donors (Lipinski definition) is 0. The zero-order valence-corrected chi connectivity index (χ0v) is 11.7. The molecule has 0 N–H and O–H groups in total. The Labute approximate surface area is 110 Å². The molecule has 102 valence electrons. The van der Waals surface area contributed by atoms with Crippen LogP contribution in [0.4, 0.5) is 0 Å². The maximum absolute atomic E-state index is 12.3. The maximum atomic E-state index is 12.3. The maximum Gasteiger partial charge on any atom is 0.142 e. The first kappa shape index (κ1) is 12.6. The second-order valence-electron chi connectivity index (χ2n) is 6.89. The summed E-state index contributed by atoms with van der Waals surface area (Å²) in [7, 11) is 0. The van der Waals surface area contributed by atoms with E-state index in [-0.39, 0.29) is 11.3 Å². The van der Waals surface area contributed by atoms with Crippen LogP contribution < -0.4 is 0 Å². The van der Waals surface area contributed by atoms with Gasteiger partial charge in [0.1, 0.15) is 5.78 Å². The lowest BCUT2D eigenvalue weighted by Gasteiger charge is -2.38. The van der Waals surface area contributed by atoms with Gasteiger partial charge in [0.15, 0.2) is 0 Å². The van der Waals surface area contributed by atoms with Crippen molar-refractivity contribution in [1.82, 2.24) is 4.90 Å². The lowest BCUT2D eigenvalue weighted by molar-refractivity contribution is -0.129. The zero-order chi connectivity index (χ0) is 12.8. The van der Waals surface area contributed by atoms with Gasteiger partial charge in [0.2, 0.25) is 0 Å². The van der Waals surface area contributed by atoms with Crippen molar-refractivity contribution in [2.75, 3.05) is 19.7 Å². The van der Waals surface area contributed by atoms with E-state index in [0.29, 0.717) is 17.9 Å². The molecular weight excluding hydrogens is 226 g/mol. The monoisotopic (exact) mass is 251 g/mol. The third kappa shape index (κ3) is 2.12. The van der Waals surface area contributed by atoms with E-state index < -0.39 is 0 Å². The molecule has 3 nitrogen and oxygen atoms in total. The van der Waals surface area contributed by atoms with E-state index in [1.807, 2.05) is 0 Å². The molecule has 0 radical (unpaired) electrons. The van der Waals surface area contributed by atoms with E-state index in [4.69, 9.17) is 4.74 Å². The van der Waals surface area contributed by atoms with Crippen LogP contribution in [-0.4, -0.2) is 42.5 Å². The molecule has 0 aromatic rings. The van der Waals surface area contributed by atoms with Gasteiger partial charge in [0.25, 0.3) is 0 Å². The molecule has 3 heteroatoms. The summed E-state index contributed by atoms with van der Waals surface area (Å²) in [6.45, 7) is 7.06. The van der Waals surface area contributed by atoms with Crippen molar-refractivity contribution in [3.8, 4) is 0 Å². The fourth-order valence-electron chi connectivity index (χ4n) is 4.03. The quantitative estimate of drug-likeness (QED) is 0.754. The van der Waals surface area contributed by atoms with E-state index in [0.717, 1.165) is 32.5 Å². The molecule has 2 saturated carbocycles. The summed E-state index contributed by atoms with van der Waals surface area (Å²) in [5, 5.41) is 0. The van der Waals surface area contributed by atoms with E-state index in [1.54, 1.807) is 0 Å². The molecule has 0 aromatic carbocycles. The number of hydrogen-bond acceptors (Lipinski definition) is 3. The molecule has 3 unspecified atom stereocenters. The van der Waals surface area contributed by atoms with Crippen LogP contribution in [0.15, 0.2) is 0 Å². The topological polar surface area (TPSA) is 29.5 Å². The second-order valence-corrected chi connectivity index (χ2v) is 6.89. The number of nitrogens with zero attached hydrogens (tertiary/aromatic N) is 1. The number of morpholine rings is 1. The summed E-state index contributed by atoms with van der Waals surface area (Å²) < 4.78 is 5.84. The van der Waals surface area contributed by atoms with Crippen molar-refractivity contribution >= 4 is 5.78 Å². The van der Waals surface area contributed by atoms with Gasteiger partial charge in [-0.1, -0.05) is 13.8 Å². The van der Waals surface area contributed by atoms with Gasteiger partial charge in [-0.3, -0.25) is 9.69 Å². The Morgan fingerprint density at radius 1 is 1.33 bits per heavy atom. The Hall–Kier alpha value is -0.410. The third-order valence-electron chi connectivity index (χ3n) is 5.21. The number of carbonyl (C=O) groups is 1. The minimum absolute atomic E-state index is 0.0774. The highest BCUT2D eigenvalue weighted by Gasteiger charge is 2.43. The van der Waals surface area contributed by atoms with Crippen molar-refractivity contribution in [2.24, 2.45) is 11.3 Å². The molecule has 0 amide bonds. The Kier molecular flexibility index (Phi) is 3.23. The molecule has 1 saturated heterocycles. The van der Waals surface area contributed by atoms with Crippen molar-refractivity contribution in [2.45, 2.75) is 58.1 Å². The molecule has 2 aliphatic carbocycles. The average Bonchev–Trinajstić information content (AvgIpc) is 2.90. The van der Waals surface area contributed by atoms with Crippen LogP contribution in [0.1, 0.15) is 46.0 Å². The highest BCUT2D eigenvalue weighted by Crippen LogP contribution is 2.39. The molecule has 1 heterocycles. The highest BCUT2D eigenvalue weighted by atomic mass is 16.5. The van der Waals surface area contributed by atoms with Gasteiger partial charge in [0.05, 0.1) is 12.7 Å². The van der Waals surface area contributed by atoms with Crippen molar-refractivity contribution in [1.29, 1.82) is 0 Å². The van der Waals surface area contributed by atoms with Crippen LogP contribution in [0.3, 0.4) is 0 Å². The summed E-state index contributed by atoms with van der Waals surface area (Å²) in [5.74, 6) is 0.767. The second kappa shape index (κ2) is 4.61. The molecule has 1 aliphatic heterocycles. The van der Waals surface area contributed by atoms with Gasteiger partial charge < -0.3 is 4.74 Å². The summed E-state index contributed by atoms with van der Waals surface area (Å²) in [5.41, 5.74) is -0.0774. The van der Waals surface area contributed by atoms with Crippen LogP contribution in [0.5, 0.6) is 0 Å². The van der Waals surface area contributed by atoms with Gasteiger partial charge in [-0.15, -0.1) is 0 Å². The zero-order valence-electron chi connectivity index (χ0n) is 11.7. The molecule has 3 aliphatic rings. The fraction of sp³-hybridized carbons (Fsp3) is 0.933. The standard InChI is InChI=1S/C15H25NO2/c1-15(2)7-6-11(14(15)17)10-16-8-9-18-13-5-3-4-12(13)16/h11-13H,3-10H2,1-2H3. The summed E-state index contributed by atoms with van der Waals surface area (Å²) in [4.78, 5) is 14.9. The Morgan fingerprint density at radius 3 is 2.89 bits per heavy atom. The van der Waals surface area contributed by atoms with Gasteiger partial charge in [0, 0.05) is 30.5 Å². The molecule has 3 fully saturated rings. The van der Waals surface area contributed by atoms with E-state index >= 15 is 0 Å². The lowest BCUT2D eigenvalue weighted by Crippen LogP contribution is -2.50. The molecule has 3 rings (SSSR count). The van der Waals surface area contributed by atoms with Crippen LogP contribution in [0.25, 0.3) is 0 Å².